The van der Waals surface area contributed by atoms with Crippen LogP contribution in [0.2, 0.25) is 5.02 Å². The van der Waals surface area contributed by atoms with Gasteiger partial charge in [-0.3, -0.25) is 0 Å². The fourth-order valence-corrected chi connectivity index (χ4v) is 2.78. The Balaban J connectivity index is 2.30. The SMILES string of the molecule is CC1(C)CN(c2cccc(Cl)c2CCl)CCO1. The highest BCUT2D eigenvalue weighted by atomic mass is 35.5. The van der Waals surface area contributed by atoms with Crippen LogP contribution in [0.15, 0.2) is 18.2 Å². The third-order valence-corrected chi connectivity index (χ3v) is 3.62. The van der Waals surface area contributed by atoms with Gasteiger partial charge in [-0.2, -0.15) is 0 Å². The molecule has 1 aliphatic rings. The lowest BCUT2D eigenvalue weighted by atomic mass is 10.1. The van der Waals surface area contributed by atoms with E-state index in [0.29, 0.717) is 5.88 Å². The second kappa shape index (κ2) is 5.05. The van der Waals surface area contributed by atoms with Crippen LogP contribution < -0.4 is 4.90 Å². The van der Waals surface area contributed by atoms with Gasteiger partial charge < -0.3 is 9.64 Å². The Labute approximate surface area is 112 Å². The average Bonchev–Trinajstić information content (AvgIpc) is 2.27. The normalized spacial score (nSPS) is 19.4. The molecule has 2 nitrogen and oxygen atoms in total. The Morgan fingerprint density at radius 2 is 2.18 bits per heavy atom. The van der Waals surface area contributed by atoms with Crippen molar-refractivity contribution in [1.82, 2.24) is 0 Å². The zero-order valence-electron chi connectivity index (χ0n) is 10.2. The van der Waals surface area contributed by atoms with E-state index < -0.39 is 0 Å². The molecule has 0 saturated carbocycles. The van der Waals surface area contributed by atoms with Crippen LogP contribution in [0.4, 0.5) is 5.69 Å². The molecule has 1 aliphatic heterocycles. The van der Waals surface area contributed by atoms with Crippen molar-refractivity contribution in [2.75, 3.05) is 24.6 Å². The van der Waals surface area contributed by atoms with Gasteiger partial charge in [-0.05, 0) is 26.0 Å². The minimum Gasteiger partial charge on any atom is -0.372 e. The Hall–Kier alpha value is -0.440. The monoisotopic (exact) mass is 273 g/mol. The number of hydrogen-bond acceptors (Lipinski definition) is 2. The number of benzene rings is 1. The summed E-state index contributed by atoms with van der Waals surface area (Å²) in [7, 11) is 0. The first kappa shape index (κ1) is 13.0. The number of nitrogens with zero attached hydrogens (tertiary/aromatic N) is 1. The largest absolute Gasteiger partial charge is 0.372 e. The maximum absolute atomic E-state index is 6.18. The van der Waals surface area contributed by atoms with Gasteiger partial charge in [0.2, 0.25) is 0 Å². The predicted molar refractivity (Wildman–Crippen MR) is 73.3 cm³/mol. The zero-order chi connectivity index (χ0) is 12.5. The summed E-state index contributed by atoms with van der Waals surface area (Å²) >= 11 is 12.2. The van der Waals surface area contributed by atoms with Gasteiger partial charge in [0.25, 0.3) is 0 Å². The summed E-state index contributed by atoms with van der Waals surface area (Å²) in [6, 6.07) is 5.93. The van der Waals surface area contributed by atoms with Crippen LogP contribution >= 0.6 is 23.2 Å². The number of ether oxygens (including phenoxy) is 1. The van der Waals surface area contributed by atoms with Crippen molar-refractivity contribution >= 4 is 28.9 Å². The fourth-order valence-electron chi connectivity index (χ4n) is 2.20. The first-order valence-corrected chi connectivity index (χ1v) is 6.67. The second-order valence-corrected chi connectivity index (χ2v) is 5.58. The van der Waals surface area contributed by atoms with Crippen molar-refractivity contribution in [1.29, 1.82) is 0 Å². The van der Waals surface area contributed by atoms with Crippen LogP contribution in [0.3, 0.4) is 0 Å². The average molecular weight is 274 g/mol. The van der Waals surface area contributed by atoms with Gasteiger partial charge in [0.05, 0.1) is 18.1 Å². The lowest BCUT2D eigenvalue weighted by Gasteiger charge is -2.40. The van der Waals surface area contributed by atoms with Crippen LogP contribution in [0.1, 0.15) is 19.4 Å². The van der Waals surface area contributed by atoms with Crippen LogP contribution in [-0.2, 0) is 10.6 Å². The van der Waals surface area contributed by atoms with E-state index in [0.717, 1.165) is 36.0 Å². The minimum atomic E-state index is -0.121. The lowest BCUT2D eigenvalue weighted by Crippen LogP contribution is -2.48. The van der Waals surface area contributed by atoms with Crippen molar-refractivity contribution in [2.24, 2.45) is 0 Å². The highest BCUT2D eigenvalue weighted by Crippen LogP contribution is 2.31. The number of halogens is 2. The van der Waals surface area contributed by atoms with E-state index in [9.17, 15) is 0 Å². The molecule has 0 unspecified atom stereocenters. The van der Waals surface area contributed by atoms with E-state index in [2.05, 4.69) is 24.8 Å². The van der Waals surface area contributed by atoms with Gasteiger partial charge >= 0.3 is 0 Å². The molecule has 1 aromatic carbocycles. The van der Waals surface area contributed by atoms with E-state index in [1.165, 1.54) is 0 Å². The summed E-state index contributed by atoms with van der Waals surface area (Å²) in [6.07, 6.45) is 0. The lowest BCUT2D eigenvalue weighted by molar-refractivity contribution is -0.0277. The molecule has 0 radical (unpaired) electrons. The molecule has 1 saturated heterocycles. The molecule has 1 fully saturated rings. The molecule has 0 atom stereocenters. The van der Waals surface area contributed by atoms with Crippen LogP contribution in [-0.4, -0.2) is 25.3 Å². The first-order chi connectivity index (χ1) is 8.03. The second-order valence-electron chi connectivity index (χ2n) is 4.90. The number of alkyl halides is 1. The van der Waals surface area contributed by atoms with Gasteiger partial charge in [0.15, 0.2) is 0 Å². The summed E-state index contributed by atoms with van der Waals surface area (Å²) in [5.41, 5.74) is 2.02. The Bertz CT molecular complexity index is 406. The molecule has 94 valence electrons. The molecular formula is C13H17Cl2NO. The van der Waals surface area contributed by atoms with Crippen LogP contribution in [0.25, 0.3) is 0 Å². The van der Waals surface area contributed by atoms with E-state index in [1.807, 2.05) is 12.1 Å². The Kier molecular flexibility index (Phi) is 3.86. The van der Waals surface area contributed by atoms with Crippen molar-refractivity contribution in [3.8, 4) is 0 Å². The van der Waals surface area contributed by atoms with Crippen molar-refractivity contribution in [2.45, 2.75) is 25.3 Å². The van der Waals surface area contributed by atoms with Crippen molar-refractivity contribution in [3.05, 3.63) is 28.8 Å². The minimum absolute atomic E-state index is 0.121. The summed E-state index contributed by atoms with van der Waals surface area (Å²) < 4.78 is 5.71. The number of anilines is 1. The standard InChI is InChI=1S/C13H17Cl2NO/c1-13(2)9-16(6-7-17-13)12-5-3-4-11(15)10(12)8-14/h3-5H,6-9H2,1-2H3. The number of morpholine rings is 1. The number of hydrogen-bond donors (Lipinski definition) is 0. The van der Waals surface area contributed by atoms with E-state index >= 15 is 0 Å². The molecule has 0 N–H and O–H groups in total. The van der Waals surface area contributed by atoms with Gasteiger partial charge in [-0.15, -0.1) is 11.6 Å². The van der Waals surface area contributed by atoms with Crippen molar-refractivity contribution in [3.63, 3.8) is 0 Å². The molecular weight excluding hydrogens is 257 g/mol. The van der Waals surface area contributed by atoms with E-state index in [1.54, 1.807) is 0 Å². The molecule has 1 heterocycles. The van der Waals surface area contributed by atoms with Gasteiger partial charge in [0, 0.05) is 29.4 Å². The molecule has 2 rings (SSSR count). The molecule has 0 bridgehead atoms. The fraction of sp³-hybridized carbons (Fsp3) is 0.538. The molecule has 0 aromatic heterocycles. The van der Waals surface area contributed by atoms with Crippen LogP contribution in [0, 0.1) is 0 Å². The predicted octanol–water partition coefficient (Wildman–Crippen LogP) is 3.69. The van der Waals surface area contributed by atoms with Crippen molar-refractivity contribution < 1.29 is 4.74 Å². The number of rotatable bonds is 2. The quantitative estimate of drug-likeness (QED) is 0.762. The van der Waals surface area contributed by atoms with E-state index in [4.69, 9.17) is 27.9 Å². The topological polar surface area (TPSA) is 12.5 Å². The van der Waals surface area contributed by atoms with E-state index in [-0.39, 0.29) is 5.60 Å². The van der Waals surface area contributed by atoms with Gasteiger partial charge in [0.1, 0.15) is 0 Å². The molecule has 0 spiro atoms. The summed E-state index contributed by atoms with van der Waals surface area (Å²) in [4.78, 5) is 2.30. The highest BCUT2D eigenvalue weighted by Gasteiger charge is 2.28. The summed E-state index contributed by atoms with van der Waals surface area (Å²) in [5, 5.41) is 0.738. The molecule has 1 aromatic rings. The molecule has 0 amide bonds. The van der Waals surface area contributed by atoms with Crippen LogP contribution in [0.5, 0.6) is 0 Å². The van der Waals surface area contributed by atoms with Gasteiger partial charge in [-0.1, -0.05) is 17.7 Å². The maximum atomic E-state index is 6.18. The Morgan fingerprint density at radius 3 is 2.82 bits per heavy atom. The smallest absolute Gasteiger partial charge is 0.0801 e. The van der Waals surface area contributed by atoms with Gasteiger partial charge in [-0.25, -0.2) is 0 Å². The molecule has 17 heavy (non-hydrogen) atoms. The highest BCUT2D eigenvalue weighted by molar-refractivity contribution is 6.32. The summed E-state index contributed by atoms with van der Waals surface area (Å²) in [5.74, 6) is 0.437. The Morgan fingerprint density at radius 1 is 1.41 bits per heavy atom. The third-order valence-electron chi connectivity index (χ3n) is 2.99. The maximum Gasteiger partial charge on any atom is 0.0801 e. The molecule has 4 heteroatoms. The summed E-state index contributed by atoms with van der Waals surface area (Å²) in [6.45, 7) is 6.68. The third kappa shape index (κ3) is 2.87. The molecule has 0 aliphatic carbocycles. The first-order valence-electron chi connectivity index (χ1n) is 5.76. The zero-order valence-corrected chi connectivity index (χ0v) is 11.7.